The number of aliphatic hydroxyl groups excluding tert-OH is 1. The molecule has 3 aromatic carbocycles. The van der Waals surface area contributed by atoms with Crippen molar-refractivity contribution in [3.63, 3.8) is 0 Å². The highest BCUT2D eigenvalue weighted by Crippen LogP contribution is 2.33. The van der Waals surface area contributed by atoms with Gasteiger partial charge in [0.2, 0.25) is 5.91 Å². The van der Waals surface area contributed by atoms with E-state index in [0.29, 0.717) is 0 Å². The average molecular weight is 549 g/mol. The van der Waals surface area contributed by atoms with Gasteiger partial charge in [0.25, 0.3) is 0 Å². The molecule has 1 aliphatic carbocycles. The van der Waals surface area contributed by atoms with E-state index in [1.807, 2.05) is 24.3 Å². The number of carbonyl (C=O) groups excluding carboxylic acids is 1. The molecule has 1 fully saturated rings. The quantitative estimate of drug-likeness (QED) is 0.405. The van der Waals surface area contributed by atoms with Gasteiger partial charge in [-0.3, -0.25) is 9.69 Å². The molecule has 0 saturated carbocycles. The zero-order valence-electron chi connectivity index (χ0n) is 23.0. The van der Waals surface area contributed by atoms with Crippen LogP contribution in [-0.2, 0) is 27.6 Å². The molecule has 2 atom stereocenters. The number of sulfone groups is 1. The molecule has 208 valence electrons. The molecule has 2 aliphatic rings. The zero-order valence-corrected chi connectivity index (χ0v) is 23.8. The van der Waals surface area contributed by atoms with Crippen LogP contribution in [0.1, 0.15) is 68.7 Å². The van der Waals surface area contributed by atoms with Crippen molar-refractivity contribution in [1.82, 2.24) is 10.2 Å². The van der Waals surface area contributed by atoms with Crippen LogP contribution in [0.4, 0.5) is 0 Å². The summed E-state index contributed by atoms with van der Waals surface area (Å²) in [5.74, 6) is -0.863. The van der Waals surface area contributed by atoms with Gasteiger partial charge >= 0.3 is 0 Å². The normalized spacial score (nSPS) is 19.4. The number of piperidine rings is 1. The third kappa shape index (κ3) is 6.37. The van der Waals surface area contributed by atoms with Crippen molar-refractivity contribution in [2.45, 2.75) is 76.0 Å². The first-order chi connectivity index (χ1) is 18.6. The van der Waals surface area contributed by atoms with E-state index in [2.05, 4.69) is 28.4 Å². The number of benzene rings is 3. The Labute approximate surface area is 232 Å². The third-order valence-electron chi connectivity index (χ3n) is 8.32. The fourth-order valence-electron chi connectivity index (χ4n) is 6.11. The van der Waals surface area contributed by atoms with Crippen LogP contribution in [0.5, 0.6) is 0 Å². The Morgan fingerprint density at radius 3 is 2.51 bits per heavy atom. The van der Waals surface area contributed by atoms with Gasteiger partial charge in [-0.2, -0.15) is 0 Å². The van der Waals surface area contributed by atoms with Crippen LogP contribution in [-0.4, -0.2) is 49.3 Å². The van der Waals surface area contributed by atoms with Crippen molar-refractivity contribution in [3.8, 4) is 0 Å². The van der Waals surface area contributed by atoms with Gasteiger partial charge in [-0.1, -0.05) is 68.8 Å². The van der Waals surface area contributed by atoms with Crippen LogP contribution in [0.15, 0.2) is 65.6 Å². The van der Waals surface area contributed by atoms with Crippen molar-refractivity contribution in [2.24, 2.45) is 5.41 Å². The van der Waals surface area contributed by atoms with Crippen molar-refractivity contribution in [3.05, 3.63) is 77.4 Å². The summed E-state index contributed by atoms with van der Waals surface area (Å²) in [6, 6.07) is 19.0. The minimum atomic E-state index is -3.73. The van der Waals surface area contributed by atoms with Crippen LogP contribution < -0.4 is 5.32 Å². The Balaban J connectivity index is 1.26. The second-order valence-electron chi connectivity index (χ2n) is 12.0. The smallest absolute Gasteiger partial charge is 0.249 e. The molecular formula is C32H40N2O4S. The van der Waals surface area contributed by atoms with Crippen LogP contribution >= 0.6 is 0 Å². The first kappa shape index (κ1) is 27.8. The Hall–Kier alpha value is -2.74. The summed E-state index contributed by atoms with van der Waals surface area (Å²) in [5, 5.41) is 15.9. The van der Waals surface area contributed by atoms with Gasteiger partial charge in [0.05, 0.1) is 16.7 Å². The summed E-state index contributed by atoms with van der Waals surface area (Å²) in [4.78, 5) is 15.9. The average Bonchev–Trinajstić information content (AvgIpc) is 2.92. The lowest BCUT2D eigenvalue weighted by Crippen LogP contribution is -2.48. The van der Waals surface area contributed by atoms with Gasteiger partial charge in [-0.15, -0.1) is 0 Å². The summed E-state index contributed by atoms with van der Waals surface area (Å²) in [7, 11) is -3.73. The van der Waals surface area contributed by atoms with E-state index in [4.69, 9.17) is 0 Å². The highest BCUT2D eigenvalue weighted by molar-refractivity contribution is 7.91. The topological polar surface area (TPSA) is 86.7 Å². The second kappa shape index (κ2) is 11.4. The number of rotatable bonds is 8. The number of nitrogens with zero attached hydrogens (tertiary/aromatic N) is 1. The molecule has 0 aromatic heterocycles. The van der Waals surface area contributed by atoms with Crippen molar-refractivity contribution in [1.29, 1.82) is 0 Å². The molecule has 39 heavy (non-hydrogen) atoms. The molecule has 2 N–H and O–H groups in total. The maximum absolute atomic E-state index is 13.3. The molecule has 7 heteroatoms. The summed E-state index contributed by atoms with van der Waals surface area (Å²) >= 11 is 0. The number of amides is 1. The van der Waals surface area contributed by atoms with Crippen LogP contribution in [0.3, 0.4) is 0 Å². The van der Waals surface area contributed by atoms with Gasteiger partial charge in [0.15, 0.2) is 9.84 Å². The minimum absolute atomic E-state index is 0.187. The summed E-state index contributed by atoms with van der Waals surface area (Å²) in [6.45, 7) is 6.54. The standard InChI is InChI=1S/C32H40N2O4S/c1-32(2,22-39(37,38)27-15-14-24-9-4-5-10-25(24)20-27)30(35)31(36)33-29-12-8-11-26-19-23(13-16-28(26)29)21-34-17-6-3-7-18-34/h4-5,9-10,13-16,19-20,29-30,35H,3,6-8,11-12,17-18,21-22H2,1-2H3,(H,33,36)/t29-,30+/m1/s1. The largest absolute Gasteiger partial charge is 0.383 e. The number of likely N-dealkylation sites (tertiary alicyclic amines) is 1. The highest BCUT2D eigenvalue weighted by Gasteiger charge is 2.39. The molecule has 1 saturated heterocycles. The van der Waals surface area contributed by atoms with E-state index in [-0.39, 0.29) is 16.7 Å². The Bertz CT molecular complexity index is 1440. The predicted octanol–water partition coefficient (Wildman–Crippen LogP) is 5.18. The molecule has 5 rings (SSSR count). The Kier molecular flexibility index (Phi) is 8.13. The molecule has 1 heterocycles. The summed E-state index contributed by atoms with van der Waals surface area (Å²) in [6.07, 6.45) is 5.13. The van der Waals surface area contributed by atoms with Crippen molar-refractivity contribution < 1.29 is 18.3 Å². The molecule has 0 spiro atoms. The lowest BCUT2D eigenvalue weighted by molar-refractivity contribution is -0.135. The van der Waals surface area contributed by atoms with E-state index in [1.54, 1.807) is 32.0 Å². The number of fused-ring (bicyclic) bond motifs is 2. The molecular weight excluding hydrogens is 508 g/mol. The Morgan fingerprint density at radius 2 is 1.74 bits per heavy atom. The maximum Gasteiger partial charge on any atom is 0.249 e. The first-order valence-corrected chi connectivity index (χ1v) is 15.8. The fourth-order valence-corrected chi connectivity index (χ4v) is 8.00. The van der Waals surface area contributed by atoms with Crippen molar-refractivity contribution >= 4 is 26.5 Å². The second-order valence-corrected chi connectivity index (χ2v) is 14.0. The molecule has 3 aromatic rings. The van der Waals surface area contributed by atoms with Crippen LogP contribution in [0.2, 0.25) is 0 Å². The SMILES string of the molecule is CC(C)(CS(=O)(=O)c1ccc2ccccc2c1)[C@@H](O)C(=O)N[C@@H]1CCCc2cc(CN3CCCCC3)ccc21. The number of hydrogen-bond donors (Lipinski definition) is 2. The monoisotopic (exact) mass is 548 g/mol. The number of aryl methyl sites for hydroxylation is 1. The molecule has 1 amide bonds. The maximum atomic E-state index is 13.3. The highest BCUT2D eigenvalue weighted by atomic mass is 32.2. The summed E-state index contributed by atoms with van der Waals surface area (Å²) in [5.41, 5.74) is 2.49. The predicted molar refractivity (Wildman–Crippen MR) is 155 cm³/mol. The van der Waals surface area contributed by atoms with Gasteiger partial charge in [-0.25, -0.2) is 8.42 Å². The number of aliphatic hydroxyl groups is 1. The van der Waals surface area contributed by atoms with Gasteiger partial charge in [0, 0.05) is 12.0 Å². The van der Waals surface area contributed by atoms with E-state index in [1.165, 1.54) is 30.4 Å². The van der Waals surface area contributed by atoms with Gasteiger partial charge in [0.1, 0.15) is 6.10 Å². The van der Waals surface area contributed by atoms with E-state index >= 15 is 0 Å². The van der Waals surface area contributed by atoms with Crippen LogP contribution in [0.25, 0.3) is 10.8 Å². The first-order valence-electron chi connectivity index (χ1n) is 14.2. The lowest BCUT2D eigenvalue weighted by atomic mass is 9.85. The fraction of sp³-hybridized carbons (Fsp3) is 0.469. The molecule has 0 bridgehead atoms. The summed E-state index contributed by atoms with van der Waals surface area (Å²) < 4.78 is 26.6. The van der Waals surface area contributed by atoms with Gasteiger partial charge in [-0.05, 0) is 84.8 Å². The van der Waals surface area contributed by atoms with E-state index < -0.39 is 27.3 Å². The zero-order chi connectivity index (χ0) is 27.6. The molecule has 1 aliphatic heterocycles. The number of nitrogens with one attached hydrogen (secondary N) is 1. The molecule has 0 unspecified atom stereocenters. The Morgan fingerprint density at radius 1 is 1.00 bits per heavy atom. The van der Waals surface area contributed by atoms with E-state index in [0.717, 1.165) is 55.2 Å². The lowest BCUT2D eigenvalue weighted by Gasteiger charge is -2.33. The molecule has 6 nitrogen and oxygen atoms in total. The van der Waals surface area contributed by atoms with E-state index in [9.17, 15) is 18.3 Å². The third-order valence-corrected chi connectivity index (χ3v) is 10.4. The number of hydrogen-bond acceptors (Lipinski definition) is 5. The van der Waals surface area contributed by atoms with Crippen LogP contribution in [0, 0.1) is 5.41 Å². The van der Waals surface area contributed by atoms with Gasteiger partial charge < -0.3 is 10.4 Å². The minimum Gasteiger partial charge on any atom is -0.383 e. The molecule has 0 radical (unpaired) electrons. The number of carbonyl (C=O) groups is 1. The van der Waals surface area contributed by atoms with Crippen molar-refractivity contribution in [2.75, 3.05) is 18.8 Å².